The van der Waals surface area contributed by atoms with Crippen LogP contribution < -0.4 is 4.74 Å². The van der Waals surface area contributed by atoms with E-state index in [4.69, 9.17) is 9.47 Å². The number of carbonyl (C=O) groups is 1. The third-order valence-electron chi connectivity index (χ3n) is 4.25. The summed E-state index contributed by atoms with van der Waals surface area (Å²) < 4.78 is 11.2. The number of aliphatic hydroxyl groups is 1. The molecular weight excluding hydrogens is 306 g/mol. The van der Waals surface area contributed by atoms with E-state index in [1.807, 2.05) is 24.3 Å². The molecule has 1 N–H and O–H groups in total. The average Bonchev–Trinajstić information content (AvgIpc) is 2.62. The molecule has 0 spiro atoms. The molecule has 24 heavy (non-hydrogen) atoms. The highest BCUT2D eigenvalue weighted by molar-refractivity contribution is 5.79. The Labute approximate surface area is 141 Å². The summed E-state index contributed by atoms with van der Waals surface area (Å²) in [4.78, 5) is 16.3. The van der Waals surface area contributed by atoms with Crippen LogP contribution in [0.15, 0.2) is 48.8 Å². The zero-order valence-electron chi connectivity index (χ0n) is 13.5. The van der Waals surface area contributed by atoms with Crippen LogP contribution in [0.3, 0.4) is 0 Å². The van der Waals surface area contributed by atoms with E-state index >= 15 is 0 Å². The maximum atomic E-state index is 12.2. The first-order valence-corrected chi connectivity index (χ1v) is 8.23. The van der Waals surface area contributed by atoms with Crippen LogP contribution in [-0.2, 0) is 16.1 Å². The molecule has 0 unspecified atom stereocenters. The molecule has 1 fully saturated rings. The number of hydrogen-bond donors (Lipinski definition) is 1. The number of nitrogens with zero attached hydrogens (tertiary/aromatic N) is 1. The van der Waals surface area contributed by atoms with Crippen LogP contribution in [0.25, 0.3) is 0 Å². The van der Waals surface area contributed by atoms with Crippen LogP contribution in [0, 0.1) is 0 Å². The minimum absolute atomic E-state index is 0.0670. The number of rotatable bonds is 5. The summed E-state index contributed by atoms with van der Waals surface area (Å²) in [6.07, 6.45) is 6.99. The van der Waals surface area contributed by atoms with Crippen molar-refractivity contribution in [1.29, 1.82) is 0 Å². The van der Waals surface area contributed by atoms with Gasteiger partial charge >= 0.3 is 5.97 Å². The van der Waals surface area contributed by atoms with Gasteiger partial charge in [0, 0.05) is 11.8 Å². The minimum Gasteiger partial charge on any atom is -0.459 e. The normalized spacial score (nSPS) is 16.4. The molecule has 1 heterocycles. The van der Waals surface area contributed by atoms with Crippen LogP contribution >= 0.6 is 0 Å². The number of esters is 1. The van der Waals surface area contributed by atoms with Gasteiger partial charge in [-0.15, -0.1) is 0 Å². The monoisotopic (exact) mass is 327 g/mol. The minimum atomic E-state index is -1.34. The van der Waals surface area contributed by atoms with E-state index in [9.17, 15) is 9.90 Å². The Morgan fingerprint density at radius 2 is 1.92 bits per heavy atom. The molecule has 5 nitrogen and oxygen atoms in total. The SMILES string of the molecule is O=C(OCc1ccccc1Oc1cccnc1)C1(O)CCCCC1. The first-order valence-electron chi connectivity index (χ1n) is 8.23. The van der Waals surface area contributed by atoms with Crippen molar-refractivity contribution in [3.8, 4) is 11.5 Å². The van der Waals surface area contributed by atoms with E-state index in [-0.39, 0.29) is 6.61 Å². The van der Waals surface area contributed by atoms with Gasteiger partial charge in [0.25, 0.3) is 0 Å². The zero-order chi connectivity index (χ0) is 16.8. The van der Waals surface area contributed by atoms with Gasteiger partial charge in [0.2, 0.25) is 0 Å². The van der Waals surface area contributed by atoms with Gasteiger partial charge < -0.3 is 14.6 Å². The lowest BCUT2D eigenvalue weighted by Crippen LogP contribution is -2.41. The second kappa shape index (κ2) is 7.45. The lowest BCUT2D eigenvalue weighted by molar-refractivity contribution is -0.170. The molecule has 126 valence electrons. The zero-order valence-corrected chi connectivity index (χ0v) is 13.5. The fourth-order valence-corrected chi connectivity index (χ4v) is 2.88. The number of carbonyl (C=O) groups excluding carboxylic acids is 1. The van der Waals surface area contributed by atoms with Crippen molar-refractivity contribution in [2.24, 2.45) is 0 Å². The summed E-state index contributed by atoms with van der Waals surface area (Å²) in [5.41, 5.74) is -0.591. The highest BCUT2D eigenvalue weighted by Crippen LogP contribution is 2.30. The molecule has 3 rings (SSSR count). The summed E-state index contributed by atoms with van der Waals surface area (Å²) in [5, 5.41) is 10.4. The second-order valence-electron chi connectivity index (χ2n) is 6.07. The molecule has 0 radical (unpaired) electrons. The fraction of sp³-hybridized carbons (Fsp3) is 0.368. The first kappa shape index (κ1) is 16.5. The number of pyridine rings is 1. The van der Waals surface area contributed by atoms with Gasteiger partial charge in [-0.25, -0.2) is 4.79 Å². The van der Waals surface area contributed by atoms with Gasteiger partial charge in [-0.1, -0.05) is 24.6 Å². The summed E-state index contributed by atoms with van der Waals surface area (Å²) in [7, 11) is 0. The molecule has 0 aliphatic heterocycles. The van der Waals surface area contributed by atoms with E-state index in [2.05, 4.69) is 4.98 Å². The van der Waals surface area contributed by atoms with Crippen molar-refractivity contribution in [2.45, 2.75) is 44.3 Å². The summed E-state index contributed by atoms with van der Waals surface area (Å²) in [5.74, 6) is 0.675. The third-order valence-corrected chi connectivity index (χ3v) is 4.25. The van der Waals surface area contributed by atoms with Crippen molar-refractivity contribution in [3.05, 3.63) is 54.4 Å². The number of aromatic nitrogens is 1. The summed E-state index contributed by atoms with van der Waals surface area (Å²) >= 11 is 0. The molecule has 2 aromatic rings. The number of hydrogen-bond acceptors (Lipinski definition) is 5. The molecule has 0 saturated heterocycles. The predicted octanol–water partition coefficient (Wildman–Crippen LogP) is 3.61. The fourth-order valence-electron chi connectivity index (χ4n) is 2.88. The van der Waals surface area contributed by atoms with Crippen LogP contribution in [0.4, 0.5) is 0 Å². The molecule has 1 saturated carbocycles. The Morgan fingerprint density at radius 3 is 2.67 bits per heavy atom. The predicted molar refractivity (Wildman–Crippen MR) is 88.6 cm³/mol. The molecule has 1 aliphatic rings. The van der Waals surface area contributed by atoms with Crippen molar-refractivity contribution >= 4 is 5.97 Å². The largest absolute Gasteiger partial charge is 0.459 e. The standard InChI is InChI=1S/C19H21NO4/c21-18(19(22)10-4-1-5-11-19)23-14-15-7-2-3-9-17(15)24-16-8-6-12-20-13-16/h2-3,6-9,12-13,22H,1,4-5,10-11,14H2. The van der Waals surface area contributed by atoms with Crippen molar-refractivity contribution in [1.82, 2.24) is 4.98 Å². The maximum absolute atomic E-state index is 12.2. The Bertz CT molecular complexity index is 681. The molecular formula is C19H21NO4. The highest BCUT2D eigenvalue weighted by Gasteiger charge is 2.38. The van der Waals surface area contributed by atoms with Crippen LogP contribution in [-0.4, -0.2) is 21.7 Å². The van der Waals surface area contributed by atoms with Crippen LogP contribution in [0.1, 0.15) is 37.7 Å². The topological polar surface area (TPSA) is 68.7 Å². The lowest BCUT2D eigenvalue weighted by atomic mass is 9.85. The molecule has 1 aromatic heterocycles. The van der Waals surface area contributed by atoms with Gasteiger partial charge in [-0.05, 0) is 43.9 Å². The second-order valence-corrected chi connectivity index (χ2v) is 6.07. The van der Waals surface area contributed by atoms with E-state index in [1.165, 1.54) is 0 Å². The van der Waals surface area contributed by atoms with Gasteiger partial charge in [0.1, 0.15) is 18.1 Å². The van der Waals surface area contributed by atoms with Crippen LogP contribution in [0.5, 0.6) is 11.5 Å². The Kier molecular flexibility index (Phi) is 5.11. The van der Waals surface area contributed by atoms with E-state index in [1.54, 1.807) is 24.5 Å². The molecule has 0 bridgehead atoms. The number of ether oxygens (including phenoxy) is 2. The van der Waals surface area contributed by atoms with Gasteiger partial charge in [-0.2, -0.15) is 0 Å². The molecule has 1 aliphatic carbocycles. The van der Waals surface area contributed by atoms with E-state index in [0.29, 0.717) is 24.3 Å². The van der Waals surface area contributed by atoms with E-state index < -0.39 is 11.6 Å². The lowest BCUT2D eigenvalue weighted by Gasteiger charge is -2.29. The quantitative estimate of drug-likeness (QED) is 0.850. The summed E-state index contributed by atoms with van der Waals surface area (Å²) in [6, 6.07) is 11.0. The summed E-state index contributed by atoms with van der Waals surface area (Å²) in [6.45, 7) is 0.0670. The van der Waals surface area contributed by atoms with Crippen molar-refractivity contribution < 1.29 is 19.4 Å². The number of benzene rings is 1. The molecule has 5 heteroatoms. The Balaban J connectivity index is 1.66. The Morgan fingerprint density at radius 1 is 1.12 bits per heavy atom. The maximum Gasteiger partial charge on any atom is 0.338 e. The molecule has 0 atom stereocenters. The Hall–Kier alpha value is -2.40. The van der Waals surface area contributed by atoms with E-state index in [0.717, 1.165) is 24.8 Å². The molecule has 1 aromatic carbocycles. The van der Waals surface area contributed by atoms with Crippen molar-refractivity contribution in [2.75, 3.05) is 0 Å². The average molecular weight is 327 g/mol. The van der Waals surface area contributed by atoms with Crippen LogP contribution in [0.2, 0.25) is 0 Å². The van der Waals surface area contributed by atoms with Crippen molar-refractivity contribution in [3.63, 3.8) is 0 Å². The number of para-hydroxylation sites is 1. The van der Waals surface area contributed by atoms with Gasteiger partial charge in [0.05, 0.1) is 6.20 Å². The first-order chi connectivity index (χ1) is 11.7. The molecule has 0 amide bonds. The van der Waals surface area contributed by atoms with Gasteiger partial charge in [0.15, 0.2) is 5.60 Å². The highest BCUT2D eigenvalue weighted by atomic mass is 16.6. The third kappa shape index (κ3) is 3.92. The van der Waals surface area contributed by atoms with Gasteiger partial charge in [-0.3, -0.25) is 4.98 Å². The smallest absolute Gasteiger partial charge is 0.338 e.